The number of aromatic nitrogens is 2. The number of morpholine rings is 1. The van der Waals surface area contributed by atoms with E-state index in [0.29, 0.717) is 0 Å². The van der Waals surface area contributed by atoms with Gasteiger partial charge in [0.2, 0.25) is 5.28 Å². The Labute approximate surface area is 117 Å². The first kappa shape index (κ1) is 12.4. The highest BCUT2D eigenvalue weighted by Crippen LogP contribution is 2.29. The van der Waals surface area contributed by atoms with Gasteiger partial charge in [-0.1, -0.05) is 30.3 Å². The summed E-state index contributed by atoms with van der Waals surface area (Å²) in [6.07, 6.45) is 1.79. The third-order valence-electron chi connectivity index (χ3n) is 3.13. The normalized spacial score (nSPS) is 15.5. The van der Waals surface area contributed by atoms with Crippen LogP contribution in [0.5, 0.6) is 0 Å². The number of benzene rings is 1. The first-order valence-electron chi connectivity index (χ1n) is 6.25. The van der Waals surface area contributed by atoms with Gasteiger partial charge in [0.1, 0.15) is 5.82 Å². The molecule has 3 rings (SSSR count). The van der Waals surface area contributed by atoms with Crippen LogP contribution in [0.2, 0.25) is 5.28 Å². The lowest BCUT2D eigenvalue weighted by Gasteiger charge is -2.29. The van der Waals surface area contributed by atoms with Crippen molar-refractivity contribution in [1.29, 1.82) is 0 Å². The highest BCUT2D eigenvalue weighted by molar-refractivity contribution is 6.28. The van der Waals surface area contributed by atoms with E-state index in [4.69, 9.17) is 16.3 Å². The minimum absolute atomic E-state index is 0.279. The SMILES string of the molecule is Clc1ncc(-c2ccccc2)c(N2CCOCC2)n1. The topological polar surface area (TPSA) is 38.2 Å². The molecule has 0 radical (unpaired) electrons. The van der Waals surface area contributed by atoms with Crippen molar-refractivity contribution in [2.24, 2.45) is 0 Å². The van der Waals surface area contributed by atoms with Gasteiger partial charge in [-0.05, 0) is 17.2 Å². The van der Waals surface area contributed by atoms with Crippen molar-refractivity contribution in [2.45, 2.75) is 0 Å². The Bertz CT molecular complexity index is 556. The van der Waals surface area contributed by atoms with Crippen LogP contribution in [0.4, 0.5) is 5.82 Å². The monoisotopic (exact) mass is 275 g/mol. The summed E-state index contributed by atoms with van der Waals surface area (Å²) >= 11 is 5.94. The molecule has 1 aliphatic heterocycles. The largest absolute Gasteiger partial charge is 0.378 e. The van der Waals surface area contributed by atoms with Gasteiger partial charge in [0.05, 0.1) is 13.2 Å². The number of hydrogen-bond donors (Lipinski definition) is 0. The van der Waals surface area contributed by atoms with Crippen LogP contribution in [0, 0.1) is 0 Å². The molecule has 1 aromatic carbocycles. The van der Waals surface area contributed by atoms with Crippen LogP contribution in [0.25, 0.3) is 11.1 Å². The van der Waals surface area contributed by atoms with E-state index >= 15 is 0 Å². The third-order valence-corrected chi connectivity index (χ3v) is 3.32. The molecule has 5 heteroatoms. The molecule has 19 heavy (non-hydrogen) atoms. The van der Waals surface area contributed by atoms with Gasteiger partial charge in [0.15, 0.2) is 0 Å². The van der Waals surface area contributed by atoms with E-state index in [1.165, 1.54) is 0 Å². The molecule has 0 aliphatic carbocycles. The van der Waals surface area contributed by atoms with Gasteiger partial charge in [-0.25, -0.2) is 4.98 Å². The fourth-order valence-electron chi connectivity index (χ4n) is 2.19. The van der Waals surface area contributed by atoms with Gasteiger partial charge >= 0.3 is 0 Å². The average molecular weight is 276 g/mol. The second kappa shape index (κ2) is 5.55. The van der Waals surface area contributed by atoms with Gasteiger partial charge in [-0.15, -0.1) is 0 Å². The number of rotatable bonds is 2. The van der Waals surface area contributed by atoms with Crippen molar-refractivity contribution >= 4 is 17.4 Å². The van der Waals surface area contributed by atoms with Gasteiger partial charge in [-0.3, -0.25) is 0 Å². The van der Waals surface area contributed by atoms with E-state index < -0.39 is 0 Å². The molecule has 0 spiro atoms. The molecule has 2 aromatic rings. The van der Waals surface area contributed by atoms with Crippen molar-refractivity contribution in [3.63, 3.8) is 0 Å². The lowest BCUT2D eigenvalue weighted by atomic mass is 10.1. The predicted molar refractivity (Wildman–Crippen MR) is 75.5 cm³/mol. The number of ether oxygens (including phenoxy) is 1. The third kappa shape index (κ3) is 2.69. The fourth-order valence-corrected chi connectivity index (χ4v) is 2.32. The summed E-state index contributed by atoms with van der Waals surface area (Å²) in [6.45, 7) is 3.09. The molecule has 0 atom stereocenters. The molecule has 4 nitrogen and oxygen atoms in total. The number of halogens is 1. The van der Waals surface area contributed by atoms with Crippen molar-refractivity contribution in [3.8, 4) is 11.1 Å². The van der Waals surface area contributed by atoms with Gasteiger partial charge in [-0.2, -0.15) is 4.98 Å². The molecule has 0 N–H and O–H groups in total. The standard InChI is InChI=1S/C14H14ClN3O/c15-14-16-10-12(11-4-2-1-3-5-11)13(17-14)18-6-8-19-9-7-18/h1-5,10H,6-9H2. The zero-order valence-electron chi connectivity index (χ0n) is 10.4. The smallest absolute Gasteiger partial charge is 0.224 e. The maximum absolute atomic E-state index is 5.94. The van der Waals surface area contributed by atoms with Crippen molar-refractivity contribution in [3.05, 3.63) is 41.8 Å². The molecule has 98 valence electrons. The van der Waals surface area contributed by atoms with E-state index in [1.54, 1.807) is 6.20 Å². The summed E-state index contributed by atoms with van der Waals surface area (Å²) < 4.78 is 5.38. The van der Waals surface area contributed by atoms with E-state index in [2.05, 4.69) is 27.0 Å². The van der Waals surface area contributed by atoms with Crippen molar-refractivity contribution in [1.82, 2.24) is 9.97 Å². The van der Waals surface area contributed by atoms with Crippen LogP contribution in [0.15, 0.2) is 36.5 Å². The zero-order chi connectivity index (χ0) is 13.1. The molecular weight excluding hydrogens is 262 g/mol. The quantitative estimate of drug-likeness (QED) is 0.790. The summed E-state index contributed by atoms with van der Waals surface area (Å²) in [7, 11) is 0. The second-order valence-corrected chi connectivity index (χ2v) is 4.68. The summed E-state index contributed by atoms with van der Waals surface area (Å²) in [6, 6.07) is 10.1. The average Bonchev–Trinajstić information content (AvgIpc) is 2.49. The summed E-state index contributed by atoms with van der Waals surface area (Å²) in [5.74, 6) is 0.884. The predicted octanol–water partition coefficient (Wildman–Crippen LogP) is 2.63. The molecule has 1 aliphatic rings. The Morgan fingerprint density at radius 1 is 1.11 bits per heavy atom. The van der Waals surface area contributed by atoms with Gasteiger partial charge in [0.25, 0.3) is 0 Å². The molecule has 0 saturated carbocycles. The minimum Gasteiger partial charge on any atom is -0.378 e. The molecule has 1 aromatic heterocycles. The van der Waals surface area contributed by atoms with Gasteiger partial charge in [0, 0.05) is 24.8 Å². The second-order valence-electron chi connectivity index (χ2n) is 4.34. The first-order valence-corrected chi connectivity index (χ1v) is 6.63. The maximum atomic E-state index is 5.94. The zero-order valence-corrected chi connectivity index (χ0v) is 11.2. The fraction of sp³-hybridized carbons (Fsp3) is 0.286. The maximum Gasteiger partial charge on any atom is 0.224 e. The molecule has 1 saturated heterocycles. The summed E-state index contributed by atoms with van der Waals surface area (Å²) in [5.41, 5.74) is 2.10. The van der Waals surface area contributed by atoms with Crippen LogP contribution in [-0.2, 0) is 4.74 Å². The molecule has 2 heterocycles. The summed E-state index contributed by atoms with van der Waals surface area (Å²) in [4.78, 5) is 10.7. The first-order chi connectivity index (χ1) is 9.34. The van der Waals surface area contributed by atoms with E-state index in [-0.39, 0.29) is 5.28 Å². The molecule has 0 unspecified atom stereocenters. The highest BCUT2D eigenvalue weighted by atomic mass is 35.5. The Morgan fingerprint density at radius 2 is 1.84 bits per heavy atom. The van der Waals surface area contributed by atoms with E-state index in [9.17, 15) is 0 Å². The van der Waals surface area contributed by atoms with E-state index in [0.717, 1.165) is 43.2 Å². The Balaban J connectivity index is 2.04. The van der Waals surface area contributed by atoms with Crippen molar-refractivity contribution < 1.29 is 4.74 Å². The highest BCUT2D eigenvalue weighted by Gasteiger charge is 2.18. The van der Waals surface area contributed by atoms with Crippen LogP contribution in [0.1, 0.15) is 0 Å². The van der Waals surface area contributed by atoms with Crippen LogP contribution < -0.4 is 4.90 Å². The van der Waals surface area contributed by atoms with Crippen LogP contribution in [0.3, 0.4) is 0 Å². The van der Waals surface area contributed by atoms with Crippen LogP contribution in [-0.4, -0.2) is 36.3 Å². The van der Waals surface area contributed by atoms with Crippen molar-refractivity contribution in [2.75, 3.05) is 31.2 Å². The Kier molecular flexibility index (Phi) is 3.62. The number of nitrogens with zero attached hydrogens (tertiary/aromatic N) is 3. The van der Waals surface area contributed by atoms with Crippen LogP contribution >= 0.6 is 11.6 Å². The summed E-state index contributed by atoms with van der Waals surface area (Å²) in [5, 5.41) is 0.279. The molecule has 0 amide bonds. The molecule has 0 bridgehead atoms. The van der Waals surface area contributed by atoms with Gasteiger partial charge < -0.3 is 9.64 Å². The molecular formula is C14H14ClN3O. The number of anilines is 1. The molecule has 1 fully saturated rings. The van der Waals surface area contributed by atoms with E-state index in [1.807, 2.05) is 18.2 Å². The Hall–Kier alpha value is -1.65. The Morgan fingerprint density at radius 3 is 2.58 bits per heavy atom. The minimum atomic E-state index is 0.279. The lowest BCUT2D eigenvalue weighted by Crippen LogP contribution is -2.37. The number of hydrogen-bond acceptors (Lipinski definition) is 4. The lowest BCUT2D eigenvalue weighted by molar-refractivity contribution is 0.122.